The predicted octanol–water partition coefficient (Wildman–Crippen LogP) is 3.07. The number of rotatable bonds is 2. The smallest absolute Gasteiger partial charge is 0.201 e. The van der Waals surface area contributed by atoms with Crippen LogP contribution in [0.25, 0.3) is 17.2 Å². The van der Waals surface area contributed by atoms with Crippen LogP contribution < -0.4 is 0 Å². The number of aryl methyl sites for hydroxylation is 1. The molecule has 0 saturated heterocycles. The Kier molecular flexibility index (Phi) is 2.76. The molecule has 5 nitrogen and oxygen atoms in total. The highest BCUT2D eigenvalue weighted by Gasteiger charge is 2.14. The third-order valence-electron chi connectivity index (χ3n) is 2.42. The van der Waals surface area contributed by atoms with Gasteiger partial charge < -0.3 is 4.42 Å². The van der Waals surface area contributed by atoms with Gasteiger partial charge in [0, 0.05) is 6.07 Å². The second kappa shape index (κ2) is 4.29. The van der Waals surface area contributed by atoms with Crippen molar-refractivity contribution in [2.75, 3.05) is 6.26 Å². The van der Waals surface area contributed by atoms with Crippen LogP contribution in [0, 0.1) is 6.92 Å². The van der Waals surface area contributed by atoms with Gasteiger partial charge in [0.1, 0.15) is 5.76 Å². The van der Waals surface area contributed by atoms with E-state index in [0.29, 0.717) is 27.5 Å². The molecular formula is C11H9ClN4OS. The molecule has 3 aromatic rings. The van der Waals surface area contributed by atoms with Crippen molar-refractivity contribution in [2.24, 2.45) is 0 Å². The first-order valence-corrected chi connectivity index (χ1v) is 6.82. The number of furan rings is 1. The monoisotopic (exact) mass is 280 g/mol. The fourth-order valence-electron chi connectivity index (χ4n) is 1.65. The first-order chi connectivity index (χ1) is 8.67. The Balaban J connectivity index is 2.31. The van der Waals surface area contributed by atoms with E-state index in [1.165, 1.54) is 11.8 Å². The van der Waals surface area contributed by atoms with Crippen LogP contribution in [0.5, 0.6) is 0 Å². The van der Waals surface area contributed by atoms with Gasteiger partial charge in [-0.25, -0.2) is 4.98 Å². The van der Waals surface area contributed by atoms with E-state index in [9.17, 15) is 0 Å². The van der Waals surface area contributed by atoms with Crippen molar-refractivity contribution in [3.05, 3.63) is 29.1 Å². The Morgan fingerprint density at radius 2 is 2.17 bits per heavy atom. The summed E-state index contributed by atoms with van der Waals surface area (Å²) >= 11 is 7.37. The lowest BCUT2D eigenvalue weighted by molar-refractivity contribution is 0.540. The van der Waals surface area contributed by atoms with Gasteiger partial charge in [-0.2, -0.15) is 14.6 Å². The summed E-state index contributed by atoms with van der Waals surface area (Å²) < 4.78 is 7.17. The summed E-state index contributed by atoms with van der Waals surface area (Å²) in [5.41, 5.74) is 0.656. The number of aromatic nitrogens is 4. The van der Waals surface area contributed by atoms with Gasteiger partial charge in [0.25, 0.3) is 0 Å². The summed E-state index contributed by atoms with van der Waals surface area (Å²) in [6.45, 7) is 1.88. The molecule has 3 rings (SSSR count). The molecular weight excluding hydrogens is 272 g/mol. The second-order valence-electron chi connectivity index (χ2n) is 3.68. The van der Waals surface area contributed by atoms with Crippen molar-refractivity contribution in [2.45, 2.75) is 12.1 Å². The van der Waals surface area contributed by atoms with Crippen molar-refractivity contribution in [1.29, 1.82) is 0 Å². The predicted molar refractivity (Wildman–Crippen MR) is 70.0 cm³/mol. The minimum atomic E-state index is 0.382. The Labute approximate surface area is 112 Å². The van der Waals surface area contributed by atoms with Crippen LogP contribution in [0.15, 0.2) is 27.8 Å². The average Bonchev–Trinajstić information content (AvgIpc) is 2.92. The summed E-state index contributed by atoms with van der Waals surface area (Å²) in [5, 5.41) is 5.20. The Morgan fingerprint density at radius 1 is 1.33 bits per heavy atom. The van der Waals surface area contributed by atoms with E-state index in [0.717, 1.165) is 5.76 Å². The van der Waals surface area contributed by atoms with Crippen molar-refractivity contribution in [1.82, 2.24) is 19.6 Å². The summed E-state index contributed by atoms with van der Waals surface area (Å²) in [5.74, 6) is 2.07. The molecule has 0 bridgehead atoms. The van der Waals surface area contributed by atoms with Crippen molar-refractivity contribution in [3.8, 4) is 11.6 Å². The molecule has 18 heavy (non-hydrogen) atoms. The molecule has 0 aliphatic rings. The molecule has 0 aliphatic heterocycles. The second-order valence-corrected chi connectivity index (χ2v) is 4.84. The zero-order valence-electron chi connectivity index (χ0n) is 9.72. The van der Waals surface area contributed by atoms with Crippen LogP contribution in [-0.4, -0.2) is 25.8 Å². The first kappa shape index (κ1) is 11.6. The molecule has 0 amide bonds. The zero-order valence-corrected chi connectivity index (χ0v) is 11.3. The van der Waals surface area contributed by atoms with Crippen LogP contribution in [0.2, 0.25) is 5.15 Å². The Morgan fingerprint density at radius 3 is 2.83 bits per heavy atom. The number of thioether (sulfide) groups is 1. The molecule has 0 radical (unpaired) electrons. The maximum Gasteiger partial charge on any atom is 0.201 e. The highest BCUT2D eigenvalue weighted by Crippen LogP contribution is 2.24. The van der Waals surface area contributed by atoms with Crippen LogP contribution in [0.3, 0.4) is 0 Å². The van der Waals surface area contributed by atoms with Gasteiger partial charge in [-0.15, -0.1) is 0 Å². The molecule has 0 saturated carbocycles. The minimum absolute atomic E-state index is 0.382. The number of nitrogens with zero attached hydrogens (tertiary/aromatic N) is 4. The fourth-order valence-corrected chi connectivity index (χ4v) is 2.18. The lowest BCUT2D eigenvalue weighted by Crippen LogP contribution is -2.01. The van der Waals surface area contributed by atoms with E-state index in [1.807, 2.05) is 25.3 Å². The topological polar surface area (TPSA) is 56.2 Å². The van der Waals surface area contributed by atoms with Gasteiger partial charge >= 0.3 is 0 Å². The largest absolute Gasteiger partial charge is 0.458 e. The Bertz CT molecular complexity index is 721. The van der Waals surface area contributed by atoms with Gasteiger partial charge in [-0.1, -0.05) is 23.4 Å². The number of fused-ring (bicyclic) bond motifs is 1. The molecule has 7 heteroatoms. The van der Waals surface area contributed by atoms with Crippen LogP contribution >= 0.6 is 23.4 Å². The van der Waals surface area contributed by atoms with Gasteiger partial charge in [-0.3, -0.25) is 0 Å². The van der Waals surface area contributed by atoms with Crippen LogP contribution in [-0.2, 0) is 0 Å². The molecule has 0 N–H and O–H groups in total. The van der Waals surface area contributed by atoms with Crippen molar-refractivity contribution in [3.63, 3.8) is 0 Å². The zero-order chi connectivity index (χ0) is 12.7. The summed E-state index contributed by atoms with van der Waals surface area (Å²) in [4.78, 5) is 8.75. The van der Waals surface area contributed by atoms with Gasteiger partial charge in [0.05, 0.1) is 0 Å². The molecule has 0 atom stereocenters. The number of hydrogen-bond acceptors (Lipinski definition) is 5. The molecule has 92 valence electrons. The number of halogens is 1. The molecule has 0 unspecified atom stereocenters. The van der Waals surface area contributed by atoms with E-state index < -0.39 is 0 Å². The van der Waals surface area contributed by atoms with Gasteiger partial charge in [0.2, 0.25) is 5.82 Å². The standard InChI is InChI=1S/C11H9ClN4OS/c1-6-3-4-7(17-6)10-14-11(18-2)13-9-5-8(12)15-16(9)10/h3-5H,1-2H3. The quantitative estimate of drug-likeness (QED) is 0.675. The van der Waals surface area contributed by atoms with Gasteiger partial charge in [-0.05, 0) is 25.3 Å². The van der Waals surface area contributed by atoms with Crippen LogP contribution in [0.4, 0.5) is 0 Å². The van der Waals surface area contributed by atoms with E-state index in [2.05, 4.69) is 15.1 Å². The third kappa shape index (κ3) is 1.87. The Hall–Kier alpha value is -1.53. The highest BCUT2D eigenvalue weighted by molar-refractivity contribution is 7.98. The fraction of sp³-hybridized carbons (Fsp3) is 0.182. The maximum atomic E-state index is 5.91. The first-order valence-electron chi connectivity index (χ1n) is 5.21. The van der Waals surface area contributed by atoms with E-state index in [4.69, 9.17) is 16.0 Å². The van der Waals surface area contributed by atoms with E-state index >= 15 is 0 Å². The van der Waals surface area contributed by atoms with Gasteiger partial charge in [0.15, 0.2) is 21.7 Å². The maximum absolute atomic E-state index is 5.91. The highest BCUT2D eigenvalue weighted by atomic mass is 35.5. The minimum Gasteiger partial charge on any atom is -0.458 e. The summed E-state index contributed by atoms with van der Waals surface area (Å²) in [7, 11) is 0. The van der Waals surface area contributed by atoms with Crippen LogP contribution in [0.1, 0.15) is 5.76 Å². The normalized spacial score (nSPS) is 11.3. The van der Waals surface area contributed by atoms with Crippen molar-refractivity contribution < 1.29 is 4.42 Å². The average molecular weight is 281 g/mol. The molecule has 3 aromatic heterocycles. The molecule has 0 aliphatic carbocycles. The van der Waals surface area contributed by atoms with E-state index in [-0.39, 0.29) is 0 Å². The number of hydrogen-bond donors (Lipinski definition) is 0. The molecule has 0 fully saturated rings. The summed E-state index contributed by atoms with van der Waals surface area (Å²) in [6.07, 6.45) is 1.92. The summed E-state index contributed by atoms with van der Waals surface area (Å²) in [6, 6.07) is 5.44. The van der Waals surface area contributed by atoms with Crippen molar-refractivity contribution >= 4 is 29.0 Å². The molecule has 0 aromatic carbocycles. The molecule has 3 heterocycles. The molecule has 0 spiro atoms. The lowest BCUT2D eigenvalue weighted by Gasteiger charge is -2.02. The third-order valence-corrected chi connectivity index (χ3v) is 3.15. The lowest BCUT2D eigenvalue weighted by atomic mass is 10.4. The van der Waals surface area contributed by atoms with E-state index in [1.54, 1.807) is 10.6 Å². The SMILES string of the molecule is CSc1nc(-c2ccc(C)o2)n2nc(Cl)cc2n1.